The number of benzene rings is 2. The van der Waals surface area contributed by atoms with Crippen molar-refractivity contribution in [3.63, 3.8) is 0 Å². The van der Waals surface area contributed by atoms with Gasteiger partial charge < -0.3 is 20.4 Å². The van der Waals surface area contributed by atoms with Crippen molar-refractivity contribution in [3.8, 4) is 17.2 Å². The summed E-state index contributed by atoms with van der Waals surface area (Å²) in [4.78, 5) is 10.5. The van der Waals surface area contributed by atoms with Crippen LogP contribution in [0.1, 0.15) is 10.4 Å². The van der Waals surface area contributed by atoms with Gasteiger partial charge in [-0.2, -0.15) is 8.42 Å². The lowest BCUT2D eigenvalue weighted by molar-refractivity contribution is 0.0696. The minimum Gasteiger partial charge on any atom is -0.504 e. The Hall–Kier alpha value is -3.04. The molecule has 0 heterocycles. The van der Waals surface area contributed by atoms with Gasteiger partial charge in [0.05, 0.1) is 17.1 Å². The van der Waals surface area contributed by atoms with Crippen molar-refractivity contribution in [2.24, 2.45) is 0 Å². The molecule has 4 N–H and O–H groups in total. The Morgan fingerprint density at radius 1 is 1.08 bits per heavy atom. The van der Waals surface area contributed by atoms with Crippen LogP contribution in [0, 0.1) is 0 Å². The summed E-state index contributed by atoms with van der Waals surface area (Å²) in [7, 11) is -3.59. The highest BCUT2D eigenvalue weighted by Gasteiger charge is 2.13. The molecular formula is C16H16O8S. The first kappa shape index (κ1) is 20.0. The monoisotopic (exact) mass is 368 g/mol. The molecule has 9 heteroatoms. The Balaban J connectivity index is 0.000000251. The molecule has 2 aromatic rings. The maximum absolute atomic E-state index is 11.3. The van der Waals surface area contributed by atoms with Crippen LogP contribution in [0.25, 0.3) is 0 Å². The summed E-state index contributed by atoms with van der Waals surface area (Å²) in [6.45, 7) is 3.37. The summed E-state index contributed by atoms with van der Waals surface area (Å²) in [5, 5.41) is 35.0. The van der Waals surface area contributed by atoms with Crippen molar-refractivity contribution in [1.29, 1.82) is 0 Å². The van der Waals surface area contributed by atoms with Gasteiger partial charge in [-0.3, -0.25) is 4.18 Å². The quantitative estimate of drug-likeness (QED) is 0.357. The normalized spacial score (nSPS) is 10.4. The zero-order chi connectivity index (χ0) is 19.0. The largest absolute Gasteiger partial charge is 0.504 e. The standard InChI is InChI=1S/C9H10O3S.C7H6O5/c1-2-8-12-13(10,11)9-6-4-3-5-7-9;8-4-1-3(7(11)12)2-5(9)6(4)10/h2-7H,1,8H2;1-2,8-10H,(H,11,12). The topological polar surface area (TPSA) is 141 Å². The van der Waals surface area contributed by atoms with Gasteiger partial charge in [-0.05, 0) is 24.3 Å². The molecule has 2 rings (SSSR count). The van der Waals surface area contributed by atoms with Crippen molar-refractivity contribution >= 4 is 16.1 Å². The molecule has 25 heavy (non-hydrogen) atoms. The summed E-state index contributed by atoms with van der Waals surface area (Å²) in [5.74, 6) is -3.33. The van der Waals surface area contributed by atoms with E-state index in [1.54, 1.807) is 18.2 Å². The van der Waals surface area contributed by atoms with E-state index in [2.05, 4.69) is 10.8 Å². The van der Waals surface area contributed by atoms with Gasteiger partial charge in [0.15, 0.2) is 17.2 Å². The summed E-state index contributed by atoms with van der Waals surface area (Å²) in [6, 6.07) is 9.69. The molecule has 0 fully saturated rings. The van der Waals surface area contributed by atoms with E-state index in [1.165, 1.54) is 18.2 Å². The van der Waals surface area contributed by atoms with Crippen LogP contribution in [0.5, 0.6) is 17.2 Å². The predicted octanol–water partition coefficient (Wildman–Crippen LogP) is 2.08. The van der Waals surface area contributed by atoms with Gasteiger partial charge in [0.1, 0.15) is 0 Å². The van der Waals surface area contributed by atoms with E-state index in [9.17, 15) is 13.2 Å². The van der Waals surface area contributed by atoms with Gasteiger partial charge in [-0.15, -0.1) is 6.58 Å². The first-order valence-corrected chi connectivity index (χ1v) is 8.13. The van der Waals surface area contributed by atoms with Crippen LogP contribution >= 0.6 is 0 Å². The van der Waals surface area contributed by atoms with Crippen LogP contribution < -0.4 is 0 Å². The van der Waals surface area contributed by atoms with Gasteiger partial charge >= 0.3 is 5.97 Å². The van der Waals surface area contributed by atoms with Crippen molar-refractivity contribution in [2.45, 2.75) is 4.90 Å². The van der Waals surface area contributed by atoms with Crippen molar-refractivity contribution in [1.82, 2.24) is 0 Å². The van der Waals surface area contributed by atoms with E-state index in [-0.39, 0.29) is 17.1 Å². The average Bonchev–Trinajstić information content (AvgIpc) is 2.58. The minimum atomic E-state index is -3.59. The number of carboxylic acids is 1. The second-order valence-electron chi connectivity index (χ2n) is 4.51. The van der Waals surface area contributed by atoms with Crippen molar-refractivity contribution < 1.29 is 37.8 Å². The second kappa shape index (κ2) is 8.71. The SMILES string of the molecule is C=CCOS(=O)(=O)c1ccccc1.O=C(O)c1cc(O)c(O)c(O)c1. The Morgan fingerprint density at radius 2 is 1.60 bits per heavy atom. The van der Waals surface area contributed by atoms with Gasteiger partial charge in [-0.1, -0.05) is 24.3 Å². The highest BCUT2D eigenvalue weighted by atomic mass is 32.2. The average molecular weight is 368 g/mol. The number of carbonyl (C=O) groups is 1. The highest BCUT2D eigenvalue weighted by molar-refractivity contribution is 7.86. The number of rotatable bonds is 5. The molecular weight excluding hydrogens is 352 g/mol. The predicted molar refractivity (Wildman–Crippen MR) is 88.2 cm³/mol. The van der Waals surface area contributed by atoms with E-state index >= 15 is 0 Å². The third-order valence-electron chi connectivity index (χ3n) is 2.69. The number of aromatic carboxylic acids is 1. The number of phenolic OH excluding ortho intramolecular Hbond substituents is 3. The van der Waals surface area contributed by atoms with Crippen molar-refractivity contribution in [2.75, 3.05) is 6.61 Å². The summed E-state index contributed by atoms with van der Waals surface area (Å²) >= 11 is 0. The molecule has 0 saturated carbocycles. The summed E-state index contributed by atoms with van der Waals surface area (Å²) in [5.41, 5.74) is -0.289. The Kier molecular flexibility index (Phi) is 6.97. The maximum atomic E-state index is 11.3. The maximum Gasteiger partial charge on any atom is 0.335 e. The zero-order valence-corrected chi connectivity index (χ0v) is 13.7. The van der Waals surface area contributed by atoms with Gasteiger partial charge in [0, 0.05) is 0 Å². The number of aromatic hydroxyl groups is 3. The first-order valence-electron chi connectivity index (χ1n) is 6.72. The molecule has 0 aliphatic carbocycles. The molecule has 0 spiro atoms. The Labute approximate surface area is 144 Å². The van der Waals surface area contributed by atoms with E-state index in [0.29, 0.717) is 0 Å². The van der Waals surface area contributed by atoms with Crippen molar-refractivity contribution in [3.05, 3.63) is 60.7 Å². The molecule has 2 aromatic carbocycles. The Bertz CT molecular complexity index is 821. The fourth-order valence-corrected chi connectivity index (χ4v) is 2.42. The summed E-state index contributed by atoms with van der Waals surface area (Å²) in [6.07, 6.45) is 1.39. The fraction of sp³-hybridized carbons (Fsp3) is 0.0625. The lowest BCUT2D eigenvalue weighted by atomic mass is 10.2. The number of hydrogen-bond donors (Lipinski definition) is 4. The van der Waals surface area contributed by atoms with Crippen LogP contribution in [0.4, 0.5) is 0 Å². The van der Waals surface area contributed by atoms with E-state index in [0.717, 1.165) is 12.1 Å². The van der Waals surface area contributed by atoms with Crippen LogP contribution in [0.15, 0.2) is 60.0 Å². The van der Waals surface area contributed by atoms with Gasteiger partial charge in [0.25, 0.3) is 10.1 Å². The number of phenols is 3. The van der Waals surface area contributed by atoms with E-state index in [4.69, 9.17) is 20.4 Å². The molecule has 0 bridgehead atoms. The molecule has 0 saturated heterocycles. The lowest BCUT2D eigenvalue weighted by Gasteiger charge is -2.01. The minimum absolute atomic E-state index is 0.00275. The lowest BCUT2D eigenvalue weighted by Crippen LogP contribution is -2.05. The molecule has 0 aliphatic rings. The highest BCUT2D eigenvalue weighted by Crippen LogP contribution is 2.35. The third kappa shape index (κ3) is 5.83. The van der Waals surface area contributed by atoms with Crippen LogP contribution in [-0.2, 0) is 14.3 Å². The number of hydrogen-bond acceptors (Lipinski definition) is 7. The molecule has 0 aliphatic heterocycles. The molecule has 0 unspecified atom stereocenters. The molecule has 134 valence electrons. The fourth-order valence-electron chi connectivity index (χ4n) is 1.52. The summed E-state index contributed by atoms with van der Waals surface area (Å²) < 4.78 is 27.3. The third-order valence-corrected chi connectivity index (χ3v) is 3.99. The molecule has 0 amide bonds. The molecule has 8 nitrogen and oxygen atoms in total. The first-order chi connectivity index (χ1) is 11.7. The molecule has 0 aromatic heterocycles. The van der Waals surface area contributed by atoms with Crippen LogP contribution in [0.2, 0.25) is 0 Å². The molecule has 0 radical (unpaired) electrons. The van der Waals surface area contributed by atoms with E-state index < -0.39 is 33.3 Å². The van der Waals surface area contributed by atoms with Gasteiger partial charge in [0.2, 0.25) is 0 Å². The van der Waals surface area contributed by atoms with Crippen LogP contribution in [-0.4, -0.2) is 41.4 Å². The smallest absolute Gasteiger partial charge is 0.335 e. The number of carboxylic acid groups (broad SMARTS) is 1. The zero-order valence-electron chi connectivity index (χ0n) is 12.9. The van der Waals surface area contributed by atoms with Gasteiger partial charge in [-0.25, -0.2) is 4.79 Å². The van der Waals surface area contributed by atoms with E-state index in [1.807, 2.05) is 0 Å². The molecule has 0 atom stereocenters. The Morgan fingerprint density at radius 3 is 2.04 bits per heavy atom. The van der Waals surface area contributed by atoms with Crippen LogP contribution in [0.3, 0.4) is 0 Å². The second-order valence-corrected chi connectivity index (χ2v) is 6.12.